The Morgan fingerprint density at radius 1 is 1.50 bits per heavy atom. The summed E-state index contributed by atoms with van der Waals surface area (Å²) in [5.74, 6) is 0. The molecule has 0 aromatic heterocycles. The third-order valence-corrected chi connectivity index (χ3v) is 3.43. The standard InChI is InChI=1S/C13H18ClN3O/c1-15-12-6-3-7-17(9-12)13(18)16-11-5-2-4-10(14)8-11/h2,4-5,8,12,15H,3,6-7,9H2,1H3,(H,16,18)/t12-/m1/s1. The Bertz CT molecular complexity index is 424. The second-order valence-corrected chi connectivity index (χ2v) is 4.95. The van der Waals surface area contributed by atoms with Crippen LogP contribution < -0.4 is 10.6 Å². The Morgan fingerprint density at radius 2 is 2.33 bits per heavy atom. The predicted octanol–water partition coefficient (Wildman–Crippen LogP) is 2.56. The average molecular weight is 268 g/mol. The molecule has 2 amide bonds. The first-order valence-corrected chi connectivity index (χ1v) is 6.55. The molecule has 0 bridgehead atoms. The number of likely N-dealkylation sites (tertiary alicyclic amines) is 1. The summed E-state index contributed by atoms with van der Waals surface area (Å²) in [6.07, 6.45) is 2.16. The van der Waals surface area contributed by atoms with Gasteiger partial charge in [0.15, 0.2) is 0 Å². The SMILES string of the molecule is CN[C@@H]1CCCN(C(=O)Nc2cccc(Cl)c2)C1. The summed E-state index contributed by atoms with van der Waals surface area (Å²) in [6, 6.07) is 7.53. The molecule has 5 heteroatoms. The zero-order chi connectivity index (χ0) is 13.0. The number of anilines is 1. The summed E-state index contributed by atoms with van der Waals surface area (Å²) in [5.41, 5.74) is 0.735. The summed E-state index contributed by atoms with van der Waals surface area (Å²) in [6.45, 7) is 1.56. The summed E-state index contributed by atoms with van der Waals surface area (Å²) in [7, 11) is 1.93. The number of likely N-dealkylation sites (N-methyl/N-ethyl adjacent to an activating group) is 1. The highest BCUT2D eigenvalue weighted by Gasteiger charge is 2.22. The minimum atomic E-state index is -0.0581. The number of hydrogen-bond donors (Lipinski definition) is 2. The molecule has 0 spiro atoms. The Hall–Kier alpha value is -1.26. The number of amides is 2. The molecule has 1 aromatic carbocycles. The lowest BCUT2D eigenvalue weighted by Crippen LogP contribution is -2.48. The van der Waals surface area contributed by atoms with E-state index in [0.717, 1.165) is 31.6 Å². The molecule has 1 heterocycles. The van der Waals surface area contributed by atoms with Gasteiger partial charge in [-0.1, -0.05) is 17.7 Å². The van der Waals surface area contributed by atoms with E-state index in [9.17, 15) is 4.79 Å². The first-order chi connectivity index (χ1) is 8.69. The van der Waals surface area contributed by atoms with Crippen LogP contribution in [0.5, 0.6) is 0 Å². The van der Waals surface area contributed by atoms with Crippen LogP contribution in [-0.4, -0.2) is 37.1 Å². The van der Waals surface area contributed by atoms with Gasteiger partial charge in [0.2, 0.25) is 0 Å². The smallest absolute Gasteiger partial charge is 0.321 e. The van der Waals surface area contributed by atoms with Crippen molar-refractivity contribution in [3.63, 3.8) is 0 Å². The molecule has 18 heavy (non-hydrogen) atoms. The topological polar surface area (TPSA) is 44.4 Å². The number of rotatable bonds is 2. The Morgan fingerprint density at radius 3 is 3.06 bits per heavy atom. The number of carbonyl (C=O) groups is 1. The van der Waals surface area contributed by atoms with Gasteiger partial charge in [-0.15, -0.1) is 0 Å². The highest BCUT2D eigenvalue weighted by Crippen LogP contribution is 2.16. The van der Waals surface area contributed by atoms with Crippen LogP contribution in [0.4, 0.5) is 10.5 Å². The lowest BCUT2D eigenvalue weighted by Gasteiger charge is -2.32. The van der Waals surface area contributed by atoms with Gasteiger partial charge in [-0.25, -0.2) is 4.79 Å². The quantitative estimate of drug-likeness (QED) is 0.865. The van der Waals surface area contributed by atoms with Crippen LogP contribution in [0.1, 0.15) is 12.8 Å². The first-order valence-electron chi connectivity index (χ1n) is 6.18. The molecule has 98 valence electrons. The molecule has 1 aromatic rings. The fourth-order valence-corrected chi connectivity index (χ4v) is 2.36. The molecule has 1 aliphatic rings. The number of nitrogens with zero attached hydrogens (tertiary/aromatic N) is 1. The molecule has 0 aliphatic carbocycles. The molecule has 2 rings (SSSR count). The lowest BCUT2D eigenvalue weighted by molar-refractivity contribution is 0.187. The highest BCUT2D eigenvalue weighted by atomic mass is 35.5. The van der Waals surface area contributed by atoms with E-state index >= 15 is 0 Å². The molecule has 0 radical (unpaired) electrons. The van der Waals surface area contributed by atoms with E-state index in [0.29, 0.717) is 11.1 Å². The zero-order valence-corrected chi connectivity index (χ0v) is 11.2. The third kappa shape index (κ3) is 3.37. The molecule has 1 aliphatic heterocycles. The fraction of sp³-hybridized carbons (Fsp3) is 0.462. The summed E-state index contributed by atoms with van der Waals surface area (Å²) >= 11 is 5.88. The van der Waals surface area contributed by atoms with Gasteiger partial charge < -0.3 is 15.5 Å². The number of piperidine rings is 1. The second-order valence-electron chi connectivity index (χ2n) is 4.51. The zero-order valence-electron chi connectivity index (χ0n) is 10.4. The van der Waals surface area contributed by atoms with Crippen LogP contribution in [0.15, 0.2) is 24.3 Å². The van der Waals surface area contributed by atoms with Gasteiger partial charge in [-0.3, -0.25) is 0 Å². The van der Waals surface area contributed by atoms with E-state index in [-0.39, 0.29) is 6.03 Å². The van der Waals surface area contributed by atoms with Crippen LogP contribution in [-0.2, 0) is 0 Å². The summed E-state index contributed by atoms with van der Waals surface area (Å²) in [4.78, 5) is 13.9. The maximum atomic E-state index is 12.1. The van der Waals surface area contributed by atoms with Crippen molar-refractivity contribution in [2.75, 3.05) is 25.5 Å². The number of carbonyl (C=O) groups excluding carboxylic acids is 1. The maximum absolute atomic E-state index is 12.1. The van der Waals surface area contributed by atoms with Crippen LogP contribution in [0.25, 0.3) is 0 Å². The first kappa shape index (κ1) is 13.2. The molecular weight excluding hydrogens is 250 g/mol. The van der Waals surface area contributed by atoms with E-state index in [2.05, 4.69) is 10.6 Å². The number of nitrogens with one attached hydrogen (secondary N) is 2. The summed E-state index contributed by atoms with van der Waals surface area (Å²) < 4.78 is 0. The number of urea groups is 1. The monoisotopic (exact) mass is 267 g/mol. The lowest BCUT2D eigenvalue weighted by atomic mass is 10.1. The van der Waals surface area contributed by atoms with E-state index in [1.54, 1.807) is 12.1 Å². The molecule has 0 unspecified atom stereocenters. The van der Waals surface area contributed by atoms with Crippen LogP contribution in [0, 0.1) is 0 Å². The largest absolute Gasteiger partial charge is 0.323 e. The molecule has 0 saturated carbocycles. The Kier molecular flexibility index (Phi) is 4.44. The molecular formula is C13H18ClN3O. The van der Waals surface area contributed by atoms with E-state index in [1.807, 2.05) is 24.1 Å². The van der Waals surface area contributed by atoms with Crippen LogP contribution in [0.3, 0.4) is 0 Å². The Labute approximate surface area is 112 Å². The maximum Gasteiger partial charge on any atom is 0.321 e. The van der Waals surface area contributed by atoms with Crippen LogP contribution >= 0.6 is 11.6 Å². The van der Waals surface area contributed by atoms with Crippen molar-refractivity contribution >= 4 is 23.3 Å². The van der Waals surface area contributed by atoms with Gasteiger partial charge in [0.25, 0.3) is 0 Å². The van der Waals surface area contributed by atoms with E-state index in [4.69, 9.17) is 11.6 Å². The van der Waals surface area contributed by atoms with E-state index in [1.165, 1.54) is 0 Å². The van der Waals surface area contributed by atoms with Crippen molar-refractivity contribution < 1.29 is 4.79 Å². The van der Waals surface area contributed by atoms with Gasteiger partial charge in [0.05, 0.1) is 0 Å². The van der Waals surface area contributed by atoms with Gasteiger partial charge in [-0.05, 0) is 38.1 Å². The minimum Gasteiger partial charge on any atom is -0.323 e. The van der Waals surface area contributed by atoms with Crippen molar-refractivity contribution in [2.45, 2.75) is 18.9 Å². The van der Waals surface area contributed by atoms with Gasteiger partial charge >= 0.3 is 6.03 Å². The van der Waals surface area contributed by atoms with Gasteiger partial charge in [0, 0.05) is 29.8 Å². The predicted molar refractivity (Wildman–Crippen MR) is 74.1 cm³/mol. The van der Waals surface area contributed by atoms with Crippen molar-refractivity contribution in [1.29, 1.82) is 0 Å². The van der Waals surface area contributed by atoms with Crippen LogP contribution in [0.2, 0.25) is 5.02 Å². The fourth-order valence-electron chi connectivity index (χ4n) is 2.17. The molecule has 2 N–H and O–H groups in total. The molecule has 1 fully saturated rings. The molecule has 1 saturated heterocycles. The highest BCUT2D eigenvalue weighted by molar-refractivity contribution is 6.30. The molecule has 1 atom stereocenters. The normalized spacial score (nSPS) is 19.7. The summed E-state index contributed by atoms with van der Waals surface area (Å²) in [5, 5.41) is 6.72. The van der Waals surface area contributed by atoms with Crippen molar-refractivity contribution in [2.24, 2.45) is 0 Å². The van der Waals surface area contributed by atoms with Gasteiger partial charge in [-0.2, -0.15) is 0 Å². The second kappa shape index (κ2) is 6.07. The minimum absolute atomic E-state index is 0.0581. The van der Waals surface area contributed by atoms with Gasteiger partial charge in [0.1, 0.15) is 0 Å². The molecule has 4 nitrogen and oxygen atoms in total. The van der Waals surface area contributed by atoms with E-state index < -0.39 is 0 Å². The van der Waals surface area contributed by atoms with Crippen molar-refractivity contribution in [1.82, 2.24) is 10.2 Å². The number of benzene rings is 1. The number of hydrogen-bond acceptors (Lipinski definition) is 2. The van der Waals surface area contributed by atoms with Crippen molar-refractivity contribution in [3.8, 4) is 0 Å². The number of halogens is 1. The average Bonchev–Trinajstić information content (AvgIpc) is 2.39. The Balaban J connectivity index is 1.95. The van der Waals surface area contributed by atoms with Crippen molar-refractivity contribution in [3.05, 3.63) is 29.3 Å². The third-order valence-electron chi connectivity index (χ3n) is 3.19.